The Bertz CT molecular complexity index is 666. The number of allylic oxidation sites excluding steroid dienone is 3. The van der Waals surface area contributed by atoms with Crippen LogP contribution in [0, 0.1) is 29.6 Å². The molecule has 1 unspecified atom stereocenters. The van der Waals surface area contributed by atoms with E-state index >= 15 is 0 Å². The van der Waals surface area contributed by atoms with Crippen LogP contribution in [-0.2, 0) is 19.1 Å². The molecular formula is C24H36O5. The third-order valence-corrected chi connectivity index (χ3v) is 6.93. The summed E-state index contributed by atoms with van der Waals surface area (Å²) in [6.07, 6.45) is 9.70. The Labute approximate surface area is 174 Å². The molecule has 0 aromatic rings. The Morgan fingerprint density at radius 3 is 2.76 bits per heavy atom. The van der Waals surface area contributed by atoms with E-state index in [2.05, 4.69) is 32.1 Å². The molecule has 0 spiro atoms. The van der Waals surface area contributed by atoms with Crippen LogP contribution < -0.4 is 0 Å². The minimum absolute atomic E-state index is 0.0854. The highest BCUT2D eigenvalue weighted by molar-refractivity contribution is 5.72. The van der Waals surface area contributed by atoms with Crippen LogP contribution in [0.4, 0.5) is 0 Å². The van der Waals surface area contributed by atoms with Crippen LogP contribution in [0.5, 0.6) is 0 Å². The van der Waals surface area contributed by atoms with E-state index in [1.54, 1.807) is 0 Å². The Balaban J connectivity index is 1.74. The van der Waals surface area contributed by atoms with Crippen LogP contribution in [0.1, 0.15) is 66.2 Å². The van der Waals surface area contributed by atoms with Gasteiger partial charge in [-0.1, -0.05) is 45.9 Å². The lowest BCUT2D eigenvalue weighted by molar-refractivity contribution is -0.162. The van der Waals surface area contributed by atoms with Crippen LogP contribution in [0.2, 0.25) is 0 Å². The second-order valence-corrected chi connectivity index (χ2v) is 9.36. The van der Waals surface area contributed by atoms with Crippen LogP contribution in [0.25, 0.3) is 0 Å². The molecule has 0 aromatic carbocycles. The van der Waals surface area contributed by atoms with Crippen LogP contribution >= 0.6 is 0 Å². The smallest absolute Gasteiger partial charge is 0.308 e. The van der Waals surface area contributed by atoms with Gasteiger partial charge in [-0.05, 0) is 49.0 Å². The van der Waals surface area contributed by atoms with E-state index in [4.69, 9.17) is 9.47 Å². The number of hydrogen-bond donors (Lipinski definition) is 1. The first-order chi connectivity index (χ1) is 13.8. The summed E-state index contributed by atoms with van der Waals surface area (Å²) in [5.41, 5.74) is 1.27. The molecule has 0 bridgehead atoms. The summed E-state index contributed by atoms with van der Waals surface area (Å²) >= 11 is 0. The van der Waals surface area contributed by atoms with Crippen molar-refractivity contribution in [1.29, 1.82) is 0 Å². The van der Waals surface area contributed by atoms with E-state index in [9.17, 15) is 14.7 Å². The molecule has 0 saturated carbocycles. The number of cyclic esters (lactones) is 1. The van der Waals surface area contributed by atoms with Gasteiger partial charge in [0.05, 0.1) is 18.4 Å². The lowest BCUT2D eigenvalue weighted by atomic mass is 9.65. The monoisotopic (exact) mass is 404 g/mol. The predicted octanol–water partition coefficient (Wildman–Crippen LogP) is 4.20. The zero-order valence-electron chi connectivity index (χ0n) is 18.2. The molecule has 1 aliphatic heterocycles. The zero-order valence-corrected chi connectivity index (χ0v) is 18.2. The minimum atomic E-state index is -0.597. The number of esters is 2. The lowest BCUT2D eigenvalue weighted by Crippen LogP contribution is -2.42. The maximum atomic E-state index is 12.5. The van der Waals surface area contributed by atoms with E-state index in [1.165, 1.54) is 5.57 Å². The number of carbonyl (C=O) groups is 2. The third-order valence-electron chi connectivity index (χ3n) is 6.93. The summed E-state index contributed by atoms with van der Waals surface area (Å²) in [5, 5.41) is 9.89. The quantitative estimate of drug-likeness (QED) is 0.672. The standard InChI is InChI=1S/C24H36O5/c1-5-15(3)24(27)29-21-11-14(2)10-17-7-6-16(4)20(23(17)21)9-8-19-12-18(25)13-22(26)28-19/h6-7,10,14-16,18-21,23,25H,5,8-9,11-13H2,1-4H3/t14-,15+,16-,18+,19+,20-,21-,23?/m0/s1. The Morgan fingerprint density at radius 2 is 2.07 bits per heavy atom. The second kappa shape index (κ2) is 9.46. The van der Waals surface area contributed by atoms with E-state index in [0.29, 0.717) is 24.2 Å². The van der Waals surface area contributed by atoms with E-state index in [0.717, 1.165) is 25.7 Å². The fourth-order valence-electron chi connectivity index (χ4n) is 5.07. The largest absolute Gasteiger partial charge is 0.462 e. The van der Waals surface area contributed by atoms with Gasteiger partial charge in [-0.25, -0.2) is 0 Å². The van der Waals surface area contributed by atoms with Gasteiger partial charge in [0.15, 0.2) is 0 Å². The number of aliphatic hydroxyl groups excluding tert-OH is 1. The SMILES string of the molecule is CC[C@@H](C)C(=O)O[C@H]1C[C@@H](C)C=C2C=C[C@H](C)[C@H](CC[C@@H]3C[C@@H](O)CC(=O)O3)C21. The average Bonchev–Trinajstić information content (AvgIpc) is 2.65. The molecule has 1 fully saturated rings. The highest BCUT2D eigenvalue weighted by Gasteiger charge is 2.42. The first-order valence-corrected chi connectivity index (χ1v) is 11.3. The fourth-order valence-corrected chi connectivity index (χ4v) is 5.07. The second-order valence-electron chi connectivity index (χ2n) is 9.36. The lowest BCUT2D eigenvalue weighted by Gasteiger charge is -2.43. The van der Waals surface area contributed by atoms with E-state index < -0.39 is 6.10 Å². The normalized spacial score (nSPS) is 37.9. The van der Waals surface area contributed by atoms with Gasteiger partial charge in [0.25, 0.3) is 0 Å². The van der Waals surface area contributed by atoms with Gasteiger partial charge < -0.3 is 14.6 Å². The van der Waals surface area contributed by atoms with Crippen molar-refractivity contribution in [2.75, 3.05) is 0 Å². The molecule has 29 heavy (non-hydrogen) atoms. The molecule has 1 N–H and O–H groups in total. The van der Waals surface area contributed by atoms with E-state index in [-0.39, 0.29) is 42.4 Å². The van der Waals surface area contributed by atoms with Crippen molar-refractivity contribution in [2.45, 2.75) is 84.5 Å². The Hall–Kier alpha value is -1.62. The van der Waals surface area contributed by atoms with Crippen LogP contribution in [-0.4, -0.2) is 35.4 Å². The maximum Gasteiger partial charge on any atom is 0.308 e. The van der Waals surface area contributed by atoms with Gasteiger partial charge in [0, 0.05) is 12.3 Å². The average molecular weight is 405 g/mol. The molecule has 162 valence electrons. The van der Waals surface area contributed by atoms with Crippen molar-refractivity contribution < 1.29 is 24.2 Å². The first-order valence-electron chi connectivity index (χ1n) is 11.3. The molecule has 0 aromatic heterocycles. The summed E-state index contributed by atoms with van der Waals surface area (Å²) in [4.78, 5) is 24.2. The number of hydrogen-bond acceptors (Lipinski definition) is 5. The molecular weight excluding hydrogens is 368 g/mol. The molecule has 2 aliphatic carbocycles. The summed E-state index contributed by atoms with van der Waals surface area (Å²) in [6, 6.07) is 0. The van der Waals surface area contributed by atoms with Gasteiger partial charge in [0.2, 0.25) is 0 Å². The molecule has 1 heterocycles. The number of ether oxygens (including phenoxy) is 2. The van der Waals surface area contributed by atoms with Crippen molar-refractivity contribution in [2.24, 2.45) is 29.6 Å². The van der Waals surface area contributed by atoms with Crippen molar-refractivity contribution in [3.63, 3.8) is 0 Å². The van der Waals surface area contributed by atoms with Gasteiger partial charge in [0.1, 0.15) is 12.2 Å². The number of aliphatic hydroxyl groups is 1. The zero-order chi connectivity index (χ0) is 21.1. The van der Waals surface area contributed by atoms with Crippen LogP contribution in [0.15, 0.2) is 23.8 Å². The van der Waals surface area contributed by atoms with Crippen molar-refractivity contribution >= 4 is 11.9 Å². The van der Waals surface area contributed by atoms with Crippen LogP contribution in [0.3, 0.4) is 0 Å². The Kier molecular flexibility index (Phi) is 7.20. The number of carbonyl (C=O) groups excluding carboxylic acids is 2. The molecule has 8 atom stereocenters. The summed E-state index contributed by atoms with van der Waals surface area (Å²) < 4.78 is 11.5. The van der Waals surface area contributed by atoms with Gasteiger partial charge in [-0.2, -0.15) is 0 Å². The molecule has 5 heteroatoms. The summed E-state index contributed by atoms with van der Waals surface area (Å²) in [7, 11) is 0. The molecule has 3 rings (SSSR count). The van der Waals surface area contributed by atoms with Crippen molar-refractivity contribution in [3.8, 4) is 0 Å². The Morgan fingerprint density at radius 1 is 1.31 bits per heavy atom. The van der Waals surface area contributed by atoms with E-state index in [1.807, 2.05) is 13.8 Å². The summed E-state index contributed by atoms with van der Waals surface area (Å²) in [5.74, 6) is 0.755. The van der Waals surface area contributed by atoms with Gasteiger partial charge in [-0.3, -0.25) is 9.59 Å². The molecule has 0 amide bonds. The van der Waals surface area contributed by atoms with Gasteiger partial charge >= 0.3 is 11.9 Å². The highest BCUT2D eigenvalue weighted by Crippen LogP contribution is 2.45. The molecule has 1 saturated heterocycles. The topological polar surface area (TPSA) is 72.8 Å². The number of fused-ring (bicyclic) bond motifs is 1. The molecule has 5 nitrogen and oxygen atoms in total. The van der Waals surface area contributed by atoms with Crippen molar-refractivity contribution in [1.82, 2.24) is 0 Å². The third kappa shape index (κ3) is 5.30. The molecule has 0 radical (unpaired) electrons. The number of rotatable bonds is 6. The predicted molar refractivity (Wildman–Crippen MR) is 111 cm³/mol. The van der Waals surface area contributed by atoms with Crippen molar-refractivity contribution in [3.05, 3.63) is 23.8 Å². The van der Waals surface area contributed by atoms with Gasteiger partial charge in [-0.15, -0.1) is 0 Å². The highest BCUT2D eigenvalue weighted by atomic mass is 16.5. The summed E-state index contributed by atoms with van der Waals surface area (Å²) in [6.45, 7) is 8.33. The maximum absolute atomic E-state index is 12.5. The first kappa shape index (κ1) is 22.1. The minimum Gasteiger partial charge on any atom is -0.462 e. The fraction of sp³-hybridized carbons (Fsp3) is 0.750. The molecule has 3 aliphatic rings.